The Balaban J connectivity index is 1.46. The Morgan fingerprint density at radius 3 is 2.85 bits per heavy atom. The van der Waals surface area contributed by atoms with Crippen LogP contribution in [0.4, 0.5) is 5.13 Å². The highest BCUT2D eigenvalue weighted by molar-refractivity contribution is 7.15. The summed E-state index contributed by atoms with van der Waals surface area (Å²) in [6, 6.07) is 10.3. The number of hydrogen-bond acceptors (Lipinski definition) is 7. The number of aromatic nitrogens is 2. The standard InChI is InChI=1S/C18H24N6OS/c1-18(2,11-6-4-3-5-7-11)16-23-24-17(26-16)20-15(25)14-12-10-19-9-8-13(12)21-22-14/h3-7,12-14,19,21-22H,8-10H2,1-2H3,(H,20,24,25). The molecule has 4 rings (SSSR count). The SMILES string of the molecule is CC(C)(c1ccccc1)c1nnc(NC(=O)C2NNC3CCNCC32)s1. The van der Waals surface area contributed by atoms with E-state index in [9.17, 15) is 4.79 Å². The molecule has 1 amide bonds. The minimum atomic E-state index is -0.262. The van der Waals surface area contributed by atoms with Crippen molar-refractivity contribution >= 4 is 22.4 Å². The van der Waals surface area contributed by atoms with E-state index < -0.39 is 0 Å². The number of fused-ring (bicyclic) bond motifs is 1. The Morgan fingerprint density at radius 1 is 1.23 bits per heavy atom. The van der Waals surface area contributed by atoms with E-state index in [0.29, 0.717) is 11.2 Å². The van der Waals surface area contributed by atoms with Gasteiger partial charge in [-0.05, 0) is 32.4 Å². The fourth-order valence-electron chi connectivity index (χ4n) is 3.66. The molecule has 4 N–H and O–H groups in total. The van der Waals surface area contributed by atoms with Crippen molar-refractivity contribution in [2.75, 3.05) is 18.4 Å². The average Bonchev–Trinajstić information content (AvgIpc) is 3.29. The lowest BCUT2D eigenvalue weighted by molar-refractivity contribution is -0.118. The van der Waals surface area contributed by atoms with Crippen molar-refractivity contribution in [3.05, 3.63) is 40.9 Å². The number of amides is 1. The number of anilines is 1. The van der Waals surface area contributed by atoms with Gasteiger partial charge in [0.05, 0.1) is 0 Å². The van der Waals surface area contributed by atoms with Crippen LogP contribution < -0.4 is 21.5 Å². The quantitative estimate of drug-likeness (QED) is 0.646. The number of benzene rings is 1. The highest BCUT2D eigenvalue weighted by atomic mass is 32.1. The van der Waals surface area contributed by atoms with Crippen LogP contribution in [0, 0.1) is 5.92 Å². The number of carbonyl (C=O) groups is 1. The zero-order valence-electron chi connectivity index (χ0n) is 15.0. The predicted octanol–water partition coefficient (Wildman–Crippen LogP) is 1.26. The first kappa shape index (κ1) is 17.5. The Labute approximate surface area is 157 Å². The smallest absolute Gasteiger partial charge is 0.245 e. The molecule has 2 saturated heterocycles. The van der Waals surface area contributed by atoms with Crippen LogP contribution in [-0.2, 0) is 10.2 Å². The molecule has 2 fully saturated rings. The summed E-state index contributed by atoms with van der Waals surface area (Å²) in [6.45, 7) is 6.06. The van der Waals surface area contributed by atoms with Gasteiger partial charge in [-0.25, -0.2) is 5.43 Å². The third kappa shape index (κ3) is 3.25. The second-order valence-electron chi connectivity index (χ2n) is 7.42. The molecule has 0 aliphatic carbocycles. The van der Waals surface area contributed by atoms with Crippen LogP contribution in [0.25, 0.3) is 0 Å². The van der Waals surface area contributed by atoms with Gasteiger partial charge in [0.15, 0.2) is 0 Å². The number of rotatable bonds is 4. The van der Waals surface area contributed by atoms with Crippen LogP contribution in [0.1, 0.15) is 30.8 Å². The highest BCUT2D eigenvalue weighted by Gasteiger charge is 2.41. The van der Waals surface area contributed by atoms with Crippen LogP contribution in [0.3, 0.4) is 0 Å². The van der Waals surface area contributed by atoms with E-state index in [1.165, 1.54) is 16.9 Å². The summed E-state index contributed by atoms with van der Waals surface area (Å²) in [7, 11) is 0. The summed E-state index contributed by atoms with van der Waals surface area (Å²) in [5, 5.41) is 16.3. The van der Waals surface area contributed by atoms with Gasteiger partial charge in [-0.15, -0.1) is 10.2 Å². The first-order valence-electron chi connectivity index (χ1n) is 8.98. The fourth-order valence-corrected chi connectivity index (χ4v) is 4.53. The zero-order valence-corrected chi connectivity index (χ0v) is 15.8. The maximum absolute atomic E-state index is 12.7. The van der Waals surface area contributed by atoms with Gasteiger partial charge in [-0.3, -0.25) is 15.5 Å². The summed E-state index contributed by atoms with van der Waals surface area (Å²) in [6.07, 6.45) is 1.02. The Hall–Kier alpha value is -1.87. The molecule has 2 aromatic rings. The molecule has 0 radical (unpaired) electrons. The second kappa shape index (κ2) is 7.03. The van der Waals surface area contributed by atoms with Crippen molar-refractivity contribution in [1.82, 2.24) is 26.4 Å². The van der Waals surface area contributed by atoms with Crippen LogP contribution in [0.15, 0.2) is 30.3 Å². The monoisotopic (exact) mass is 372 g/mol. The van der Waals surface area contributed by atoms with Crippen LogP contribution in [-0.4, -0.2) is 41.3 Å². The molecular weight excluding hydrogens is 348 g/mol. The van der Waals surface area contributed by atoms with E-state index in [2.05, 4.69) is 57.7 Å². The lowest BCUT2D eigenvalue weighted by Crippen LogP contribution is -2.47. The molecular formula is C18H24N6OS. The van der Waals surface area contributed by atoms with Gasteiger partial charge in [0.1, 0.15) is 11.0 Å². The van der Waals surface area contributed by atoms with Crippen LogP contribution in [0.5, 0.6) is 0 Å². The Kier molecular flexibility index (Phi) is 4.74. The van der Waals surface area contributed by atoms with Crippen LogP contribution in [0.2, 0.25) is 0 Å². The number of hydrogen-bond donors (Lipinski definition) is 4. The third-order valence-corrected chi connectivity index (χ3v) is 6.51. The number of nitrogens with one attached hydrogen (secondary N) is 4. The van der Waals surface area contributed by atoms with Gasteiger partial charge in [-0.2, -0.15) is 0 Å². The Bertz CT molecular complexity index is 777. The lowest BCUT2D eigenvalue weighted by atomic mass is 9.85. The van der Waals surface area contributed by atoms with E-state index >= 15 is 0 Å². The molecule has 138 valence electrons. The van der Waals surface area contributed by atoms with Gasteiger partial charge >= 0.3 is 0 Å². The first-order valence-corrected chi connectivity index (χ1v) is 9.79. The molecule has 8 heteroatoms. The van der Waals surface area contributed by atoms with Crippen molar-refractivity contribution in [2.24, 2.45) is 5.92 Å². The first-order chi connectivity index (χ1) is 12.6. The van der Waals surface area contributed by atoms with Gasteiger partial charge in [0.25, 0.3) is 0 Å². The lowest BCUT2D eigenvalue weighted by Gasteiger charge is -2.27. The summed E-state index contributed by atoms with van der Waals surface area (Å²) in [5.74, 6) is 0.186. The number of nitrogens with zero attached hydrogens (tertiary/aromatic N) is 2. The molecule has 1 aromatic heterocycles. The van der Waals surface area contributed by atoms with Crippen molar-refractivity contribution < 1.29 is 4.79 Å². The Morgan fingerprint density at radius 2 is 2.04 bits per heavy atom. The topological polar surface area (TPSA) is 91.0 Å². The summed E-state index contributed by atoms with van der Waals surface area (Å²) >= 11 is 1.43. The molecule has 0 bridgehead atoms. The summed E-state index contributed by atoms with van der Waals surface area (Å²) < 4.78 is 0. The summed E-state index contributed by atoms with van der Waals surface area (Å²) in [4.78, 5) is 12.7. The molecule has 3 unspecified atom stereocenters. The highest BCUT2D eigenvalue weighted by Crippen LogP contribution is 2.34. The number of hydrazine groups is 1. The molecule has 2 aliphatic rings. The minimum Gasteiger partial charge on any atom is -0.316 e. The maximum Gasteiger partial charge on any atom is 0.245 e. The predicted molar refractivity (Wildman–Crippen MR) is 102 cm³/mol. The summed E-state index contributed by atoms with van der Waals surface area (Å²) in [5.41, 5.74) is 7.30. The van der Waals surface area contributed by atoms with Crippen LogP contribution >= 0.6 is 11.3 Å². The van der Waals surface area contributed by atoms with Crippen molar-refractivity contribution in [3.8, 4) is 0 Å². The van der Waals surface area contributed by atoms with Gasteiger partial charge < -0.3 is 5.32 Å². The second-order valence-corrected chi connectivity index (χ2v) is 8.40. The van der Waals surface area contributed by atoms with E-state index in [1.54, 1.807) is 0 Å². The van der Waals surface area contributed by atoms with E-state index in [-0.39, 0.29) is 23.3 Å². The average molecular weight is 372 g/mol. The molecule has 3 atom stereocenters. The van der Waals surface area contributed by atoms with E-state index in [4.69, 9.17) is 0 Å². The van der Waals surface area contributed by atoms with Gasteiger partial charge in [-0.1, -0.05) is 41.7 Å². The zero-order chi connectivity index (χ0) is 18.1. The van der Waals surface area contributed by atoms with E-state index in [0.717, 1.165) is 24.5 Å². The molecule has 1 aromatic carbocycles. The molecule has 3 heterocycles. The third-order valence-electron chi connectivity index (χ3n) is 5.35. The van der Waals surface area contributed by atoms with Crippen molar-refractivity contribution in [1.29, 1.82) is 0 Å². The number of carbonyl (C=O) groups excluding carboxylic acids is 1. The molecule has 26 heavy (non-hydrogen) atoms. The normalized spacial score (nSPS) is 25.7. The van der Waals surface area contributed by atoms with Crippen molar-refractivity contribution in [2.45, 2.75) is 37.8 Å². The maximum atomic E-state index is 12.7. The molecule has 0 saturated carbocycles. The molecule has 2 aliphatic heterocycles. The number of piperidine rings is 1. The fraction of sp³-hybridized carbons (Fsp3) is 0.500. The van der Waals surface area contributed by atoms with Gasteiger partial charge in [0, 0.05) is 23.9 Å². The largest absolute Gasteiger partial charge is 0.316 e. The minimum absolute atomic E-state index is 0.0612. The molecule has 0 spiro atoms. The van der Waals surface area contributed by atoms with Gasteiger partial charge in [0.2, 0.25) is 11.0 Å². The molecule has 7 nitrogen and oxygen atoms in total. The van der Waals surface area contributed by atoms with E-state index in [1.807, 2.05) is 18.2 Å². The van der Waals surface area contributed by atoms with Crippen molar-refractivity contribution in [3.63, 3.8) is 0 Å².